The number of aromatic nitrogens is 3. The van der Waals surface area contributed by atoms with Crippen LogP contribution in [0.3, 0.4) is 0 Å². The first-order valence-electron chi connectivity index (χ1n) is 19.8. The average molecular weight is 728 g/mol. The molecule has 0 saturated carbocycles. The molecule has 0 amide bonds. The topological polar surface area (TPSA) is 22.8 Å². The molecule has 8 aromatic carbocycles. The summed E-state index contributed by atoms with van der Waals surface area (Å²) in [5.74, 6) is 0. The Morgan fingerprint density at radius 2 is 0.947 bits per heavy atom. The summed E-state index contributed by atoms with van der Waals surface area (Å²) in [6.45, 7) is 4.78. The minimum absolute atomic E-state index is 0.183. The van der Waals surface area contributed by atoms with E-state index in [1.165, 1.54) is 93.7 Å². The van der Waals surface area contributed by atoms with Crippen molar-refractivity contribution in [3.05, 3.63) is 199 Å². The van der Waals surface area contributed by atoms with E-state index in [0.717, 1.165) is 16.6 Å². The van der Waals surface area contributed by atoms with Crippen LogP contribution >= 0.6 is 0 Å². The molecular formula is C54H37N3. The van der Waals surface area contributed by atoms with Crippen LogP contribution in [0.15, 0.2) is 188 Å². The van der Waals surface area contributed by atoms with Gasteiger partial charge in [-0.25, -0.2) is 0 Å². The summed E-state index contributed by atoms with van der Waals surface area (Å²) in [7, 11) is 0. The van der Waals surface area contributed by atoms with Gasteiger partial charge in [-0.3, -0.25) is 4.98 Å². The fourth-order valence-electron chi connectivity index (χ4n) is 9.89. The predicted molar refractivity (Wildman–Crippen MR) is 239 cm³/mol. The molecule has 0 atom stereocenters. The van der Waals surface area contributed by atoms with E-state index in [1.807, 2.05) is 12.4 Å². The highest BCUT2D eigenvalue weighted by Gasteiger charge is 2.36. The Bertz CT molecular complexity index is 3420. The first-order chi connectivity index (χ1) is 28.0. The summed E-state index contributed by atoms with van der Waals surface area (Å²) in [6.07, 6.45) is 3.92. The van der Waals surface area contributed by atoms with Crippen LogP contribution in [0, 0.1) is 0 Å². The molecule has 0 N–H and O–H groups in total. The van der Waals surface area contributed by atoms with Gasteiger partial charge in [0.2, 0.25) is 0 Å². The summed E-state index contributed by atoms with van der Waals surface area (Å²) in [6, 6.07) is 64.8. The van der Waals surface area contributed by atoms with E-state index in [4.69, 9.17) is 0 Å². The second kappa shape index (κ2) is 11.9. The first-order valence-corrected chi connectivity index (χ1v) is 19.8. The monoisotopic (exact) mass is 727 g/mol. The number of hydrogen-bond donors (Lipinski definition) is 0. The largest absolute Gasteiger partial charge is 0.309 e. The third kappa shape index (κ3) is 4.57. The Kier molecular flexibility index (Phi) is 6.68. The molecule has 0 bridgehead atoms. The summed E-state index contributed by atoms with van der Waals surface area (Å²) in [5.41, 5.74) is 17.3. The van der Waals surface area contributed by atoms with Crippen molar-refractivity contribution in [2.24, 2.45) is 0 Å². The van der Waals surface area contributed by atoms with Crippen molar-refractivity contribution in [2.75, 3.05) is 0 Å². The molecule has 0 radical (unpaired) electrons. The van der Waals surface area contributed by atoms with E-state index in [1.54, 1.807) is 0 Å². The number of nitrogens with zero attached hydrogens (tertiary/aromatic N) is 3. The average Bonchev–Trinajstić information content (AvgIpc) is 3.86. The zero-order valence-corrected chi connectivity index (χ0v) is 31.7. The van der Waals surface area contributed by atoms with Crippen LogP contribution in [0.4, 0.5) is 0 Å². The molecule has 268 valence electrons. The Labute approximate surface area is 330 Å². The lowest BCUT2D eigenvalue weighted by atomic mass is 9.80. The van der Waals surface area contributed by atoms with Crippen LogP contribution in [-0.4, -0.2) is 14.1 Å². The standard InChI is InChI=1S/C54H37N3/c1-54(2)48-30-35(34-23-26-51-45(29-34)42-18-11-12-20-50(42)56(51)37-13-5-3-6-14-37)21-24-40(48)41-25-22-36(31-49(41)54)44-32-46-47-33-55-28-27-52(47)57(38-15-7-4-8-16-38)53(46)43-19-10-9-17-39(43)44/h3-33H,1-2H3. The van der Waals surface area contributed by atoms with Crippen LogP contribution in [0.1, 0.15) is 25.0 Å². The van der Waals surface area contributed by atoms with E-state index >= 15 is 0 Å². The Morgan fingerprint density at radius 3 is 1.70 bits per heavy atom. The highest BCUT2D eigenvalue weighted by Crippen LogP contribution is 2.52. The van der Waals surface area contributed by atoms with Crippen molar-refractivity contribution in [1.29, 1.82) is 0 Å². The molecular weight excluding hydrogens is 691 g/mol. The van der Waals surface area contributed by atoms with Gasteiger partial charge in [0.25, 0.3) is 0 Å². The zero-order valence-electron chi connectivity index (χ0n) is 31.7. The molecule has 12 rings (SSSR count). The number of fused-ring (bicyclic) bond motifs is 11. The highest BCUT2D eigenvalue weighted by atomic mass is 15.0. The smallest absolute Gasteiger partial charge is 0.0620 e. The predicted octanol–water partition coefficient (Wildman–Crippen LogP) is 14.1. The number of rotatable bonds is 4. The first kappa shape index (κ1) is 32.1. The molecule has 1 aliphatic rings. The van der Waals surface area contributed by atoms with E-state index in [0.29, 0.717) is 0 Å². The molecule has 0 aliphatic heterocycles. The van der Waals surface area contributed by atoms with E-state index in [-0.39, 0.29) is 5.41 Å². The van der Waals surface area contributed by atoms with Gasteiger partial charge in [0, 0.05) is 56.1 Å². The van der Waals surface area contributed by atoms with Crippen molar-refractivity contribution in [2.45, 2.75) is 19.3 Å². The molecule has 0 saturated heterocycles. The van der Waals surface area contributed by atoms with Gasteiger partial charge in [0.15, 0.2) is 0 Å². The molecule has 3 nitrogen and oxygen atoms in total. The maximum Gasteiger partial charge on any atom is 0.0620 e. The zero-order chi connectivity index (χ0) is 37.8. The lowest BCUT2D eigenvalue weighted by molar-refractivity contribution is 0.661. The lowest BCUT2D eigenvalue weighted by Gasteiger charge is -2.23. The lowest BCUT2D eigenvalue weighted by Crippen LogP contribution is -2.15. The Morgan fingerprint density at radius 1 is 0.386 bits per heavy atom. The fourth-order valence-corrected chi connectivity index (χ4v) is 9.89. The van der Waals surface area contributed by atoms with Gasteiger partial charge in [-0.05, 0) is 117 Å². The normalized spacial score (nSPS) is 13.2. The number of pyridine rings is 1. The molecule has 0 unspecified atom stereocenters. The molecule has 57 heavy (non-hydrogen) atoms. The fraction of sp³-hybridized carbons (Fsp3) is 0.0556. The third-order valence-electron chi connectivity index (χ3n) is 12.6. The highest BCUT2D eigenvalue weighted by molar-refractivity contribution is 6.22. The van der Waals surface area contributed by atoms with Crippen LogP contribution in [-0.2, 0) is 5.41 Å². The summed E-state index contributed by atoms with van der Waals surface area (Å²) < 4.78 is 4.78. The number of para-hydroxylation sites is 3. The molecule has 11 aromatic rings. The Balaban J connectivity index is 0.993. The van der Waals surface area contributed by atoms with Crippen molar-refractivity contribution < 1.29 is 0 Å². The van der Waals surface area contributed by atoms with Crippen LogP contribution < -0.4 is 0 Å². The molecule has 3 aromatic heterocycles. The van der Waals surface area contributed by atoms with Crippen LogP contribution in [0.2, 0.25) is 0 Å². The second-order valence-electron chi connectivity index (χ2n) is 16.0. The van der Waals surface area contributed by atoms with Gasteiger partial charge in [0.1, 0.15) is 0 Å². The van der Waals surface area contributed by atoms with Crippen LogP contribution in [0.5, 0.6) is 0 Å². The van der Waals surface area contributed by atoms with Crippen LogP contribution in [0.25, 0.3) is 99.1 Å². The van der Waals surface area contributed by atoms with Gasteiger partial charge in [-0.15, -0.1) is 0 Å². The molecule has 1 aliphatic carbocycles. The SMILES string of the molecule is CC1(C)c2cc(-c3ccc4c(c3)c3ccccc3n4-c3ccccc3)ccc2-c2ccc(-c3cc4c5cnccc5n(-c5ccccc5)c4c4ccccc34)cc21. The maximum atomic E-state index is 4.60. The third-order valence-corrected chi connectivity index (χ3v) is 12.6. The molecule has 3 heteroatoms. The minimum Gasteiger partial charge on any atom is -0.309 e. The minimum atomic E-state index is -0.183. The van der Waals surface area contributed by atoms with E-state index in [2.05, 4.69) is 204 Å². The molecule has 0 fully saturated rings. The van der Waals surface area contributed by atoms with E-state index in [9.17, 15) is 0 Å². The summed E-state index contributed by atoms with van der Waals surface area (Å²) in [5, 5.41) is 7.40. The number of benzene rings is 8. The van der Waals surface area contributed by atoms with Gasteiger partial charge in [-0.1, -0.05) is 123 Å². The van der Waals surface area contributed by atoms with Gasteiger partial charge in [-0.2, -0.15) is 0 Å². The summed E-state index contributed by atoms with van der Waals surface area (Å²) >= 11 is 0. The quantitative estimate of drug-likeness (QED) is 0.177. The van der Waals surface area contributed by atoms with Gasteiger partial charge >= 0.3 is 0 Å². The number of hydrogen-bond acceptors (Lipinski definition) is 1. The van der Waals surface area contributed by atoms with Crippen molar-refractivity contribution in [1.82, 2.24) is 14.1 Å². The van der Waals surface area contributed by atoms with Gasteiger partial charge in [0.05, 0.1) is 22.1 Å². The second-order valence-corrected chi connectivity index (χ2v) is 16.0. The van der Waals surface area contributed by atoms with E-state index < -0.39 is 0 Å². The van der Waals surface area contributed by atoms with Crippen molar-refractivity contribution in [3.8, 4) is 44.8 Å². The maximum absolute atomic E-state index is 4.60. The van der Waals surface area contributed by atoms with Gasteiger partial charge < -0.3 is 9.13 Å². The van der Waals surface area contributed by atoms with Crippen molar-refractivity contribution in [3.63, 3.8) is 0 Å². The summed E-state index contributed by atoms with van der Waals surface area (Å²) in [4.78, 5) is 4.60. The Hall–Kier alpha value is -7.23. The van der Waals surface area contributed by atoms with Crippen molar-refractivity contribution >= 4 is 54.4 Å². The molecule has 3 heterocycles. The molecule has 0 spiro atoms.